The summed E-state index contributed by atoms with van der Waals surface area (Å²) in [5, 5.41) is 12.4. The molecule has 1 amide bonds. The van der Waals surface area contributed by atoms with E-state index in [1.807, 2.05) is 30.3 Å². The van der Waals surface area contributed by atoms with Crippen molar-refractivity contribution in [3.8, 4) is 0 Å². The van der Waals surface area contributed by atoms with Gasteiger partial charge in [-0.1, -0.05) is 30.3 Å². The Morgan fingerprint density at radius 3 is 2.62 bits per heavy atom. The number of hydrogen-bond donors (Lipinski definition) is 2. The van der Waals surface area contributed by atoms with Crippen LogP contribution in [0.25, 0.3) is 0 Å². The molecule has 2 atom stereocenters. The van der Waals surface area contributed by atoms with Crippen molar-refractivity contribution in [3.63, 3.8) is 0 Å². The number of amides is 1. The van der Waals surface area contributed by atoms with Gasteiger partial charge in [-0.25, -0.2) is 4.79 Å². The van der Waals surface area contributed by atoms with Crippen molar-refractivity contribution < 1.29 is 19.4 Å². The van der Waals surface area contributed by atoms with E-state index in [-0.39, 0.29) is 12.5 Å². The zero-order valence-electron chi connectivity index (χ0n) is 12.0. The third kappa shape index (κ3) is 6.01. The summed E-state index contributed by atoms with van der Waals surface area (Å²) in [6.07, 6.45) is -1.79. The van der Waals surface area contributed by atoms with Crippen molar-refractivity contribution in [3.05, 3.63) is 35.9 Å². The average Bonchev–Trinajstić information content (AvgIpc) is 2.51. The van der Waals surface area contributed by atoms with Crippen molar-refractivity contribution in [2.75, 3.05) is 6.61 Å². The molecule has 0 spiro atoms. The van der Waals surface area contributed by atoms with Gasteiger partial charge in [-0.2, -0.15) is 0 Å². The van der Waals surface area contributed by atoms with Crippen LogP contribution in [0.2, 0.25) is 0 Å². The van der Waals surface area contributed by atoms with Gasteiger partial charge in [-0.15, -0.1) is 4.51 Å². The maximum atomic E-state index is 11.6. The lowest BCUT2D eigenvalue weighted by Gasteiger charge is -2.20. The molecule has 1 aromatic carbocycles. The first-order valence-corrected chi connectivity index (χ1v) is 6.89. The lowest BCUT2D eigenvalue weighted by atomic mass is 10.2. The number of halogens is 1. The fraction of sp³-hybridized carbons (Fsp3) is 0.429. The predicted octanol–water partition coefficient (Wildman–Crippen LogP) is 2.25. The van der Waals surface area contributed by atoms with Crippen LogP contribution >= 0.6 is 11.8 Å². The van der Waals surface area contributed by atoms with Crippen LogP contribution in [0.5, 0.6) is 0 Å². The molecule has 0 bridgehead atoms. The molecule has 1 unspecified atom stereocenters. The molecular weight excluding hydrogens is 296 g/mol. The minimum Gasteiger partial charge on any atom is -0.478 e. The number of hydrogen-bond acceptors (Lipinski definition) is 5. The first-order valence-electron chi connectivity index (χ1n) is 6.55. The number of ether oxygens (including phenoxy) is 2. The van der Waals surface area contributed by atoms with Gasteiger partial charge in [0.25, 0.3) is 0 Å². The van der Waals surface area contributed by atoms with E-state index >= 15 is 0 Å². The molecule has 116 valence electrons. The zero-order chi connectivity index (χ0) is 15.7. The van der Waals surface area contributed by atoms with Gasteiger partial charge in [0.05, 0.1) is 12.6 Å². The molecule has 6 nitrogen and oxygen atoms in total. The number of nitrogens with zero attached hydrogens (tertiary/aromatic N) is 1. The SMILES string of the molecule is CCOC(=NCl)C(O)[C@H](C)NC(=O)OCc1ccccc1. The van der Waals surface area contributed by atoms with Crippen LogP contribution in [-0.4, -0.2) is 35.9 Å². The third-order valence-corrected chi connectivity index (χ3v) is 2.83. The Labute approximate surface area is 128 Å². The third-order valence-electron chi connectivity index (χ3n) is 2.66. The summed E-state index contributed by atoms with van der Waals surface area (Å²) in [4.78, 5) is 11.6. The molecule has 21 heavy (non-hydrogen) atoms. The minimum absolute atomic E-state index is 0.0463. The van der Waals surface area contributed by atoms with Crippen LogP contribution in [0.1, 0.15) is 19.4 Å². The highest BCUT2D eigenvalue weighted by molar-refractivity contribution is 6.19. The lowest BCUT2D eigenvalue weighted by molar-refractivity contribution is 0.118. The normalized spacial score (nSPS) is 14.2. The Balaban J connectivity index is 2.43. The molecule has 0 heterocycles. The molecule has 0 aromatic heterocycles. The average molecular weight is 315 g/mol. The fourth-order valence-corrected chi connectivity index (χ4v) is 1.70. The van der Waals surface area contributed by atoms with Crippen LogP contribution < -0.4 is 5.32 Å². The summed E-state index contributed by atoms with van der Waals surface area (Å²) in [6.45, 7) is 3.79. The van der Waals surface area contributed by atoms with E-state index in [1.54, 1.807) is 13.8 Å². The molecular formula is C14H19ClN2O4. The van der Waals surface area contributed by atoms with E-state index < -0.39 is 18.2 Å². The molecule has 1 aromatic rings. The van der Waals surface area contributed by atoms with E-state index in [0.717, 1.165) is 5.56 Å². The van der Waals surface area contributed by atoms with Crippen LogP contribution in [0, 0.1) is 0 Å². The Bertz CT molecular complexity index is 467. The van der Waals surface area contributed by atoms with Crippen LogP contribution in [-0.2, 0) is 16.1 Å². The van der Waals surface area contributed by atoms with Gasteiger partial charge in [0.1, 0.15) is 6.61 Å². The largest absolute Gasteiger partial charge is 0.478 e. The minimum atomic E-state index is -1.15. The van der Waals surface area contributed by atoms with E-state index in [1.165, 1.54) is 0 Å². The Morgan fingerprint density at radius 1 is 1.38 bits per heavy atom. The molecule has 1 rings (SSSR count). The molecule has 7 heteroatoms. The molecule has 0 fully saturated rings. The second kappa shape index (κ2) is 9.20. The van der Waals surface area contributed by atoms with Gasteiger partial charge in [0.2, 0.25) is 5.90 Å². The molecule has 2 N–H and O–H groups in total. The molecule has 0 aliphatic carbocycles. The van der Waals surface area contributed by atoms with Crippen molar-refractivity contribution in [2.24, 2.45) is 4.51 Å². The maximum absolute atomic E-state index is 11.6. The highest BCUT2D eigenvalue weighted by Crippen LogP contribution is 2.03. The van der Waals surface area contributed by atoms with Crippen molar-refractivity contribution in [1.29, 1.82) is 0 Å². The van der Waals surface area contributed by atoms with Crippen LogP contribution in [0.3, 0.4) is 0 Å². The van der Waals surface area contributed by atoms with Crippen molar-refractivity contribution >= 4 is 23.8 Å². The zero-order valence-corrected chi connectivity index (χ0v) is 12.7. The summed E-state index contributed by atoms with van der Waals surface area (Å²) in [5.41, 5.74) is 0.873. The Hall–Kier alpha value is -1.79. The summed E-state index contributed by atoms with van der Waals surface area (Å²) in [5.74, 6) is -0.0463. The van der Waals surface area contributed by atoms with Gasteiger partial charge in [-0.05, 0) is 19.4 Å². The number of carbonyl (C=O) groups excluding carboxylic acids is 1. The number of alkyl carbamates (subject to hydrolysis) is 1. The summed E-state index contributed by atoms with van der Waals surface area (Å²) < 4.78 is 13.4. The van der Waals surface area contributed by atoms with E-state index in [2.05, 4.69) is 9.83 Å². The van der Waals surface area contributed by atoms with E-state index in [4.69, 9.17) is 21.3 Å². The summed E-state index contributed by atoms with van der Waals surface area (Å²) >= 11 is 5.32. The smallest absolute Gasteiger partial charge is 0.407 e. The van der Waals surface area contributed by atoms with Crippen molar-refractivity contribution in [1.82, 2.24) is 5.32 Å². The Morgan fingerprint density at radius 2 is 2.05 bits per heavy atom. The van der Waals surface area contributed by atoms with Gasteiger partial charge in [0.15, 0.2) is 6.10 Å². The van der Waals surface area contributed by atoms with E-state index in [0.29, 0.717) is 6.61 Å². The quantitative estimate of drug-likeness (QED) is 0.623. The number of aliphatic hydroxyl groups is 1. The standard InChI is InChI=1S/C14H19ClN2O4/c1-3-20-13(17-15)12(18)10(2)16-14(19)21-9-11-7-5-4-6-8-11/h4-8,10,12,18H,3,9H2,1-2H3,(H,16,19)/t10-,12?/m0/s1. The summed E-state index contributed by atoms with van der Waals surface area (Å²) in [7, 11) is 0. The molecule has 0 radical (unpaired) electrons. The predicted molar refractivity (Wildman–Crippen MR) is 80.1 cm³/mol. The van der Waals surface area contributed by atoms with Crippen LogP contribution in [0.4, 0.5) is 4.79 Å². The molecule has 0 aliphatic rings. The second-order valence-corrected chi connectivity index (χ2v) is 4.46. The number of benzene rings is 1. The fourth-order valence-electron chi connectivity index (χ4n) is 1.55. The number of carbonyl (C=O) groups is 1. The lowest BCUT2D eigenvalue weighted by Crippen LogP contribution is -2.45. The van der Waals surface area contributed by atoms with E-state index in [9.17, 15) is 9.90 Å². The first kappa shape index (κ1) is 17.3. The van der Waals surface area contributed by atoms with Gasteiger partial charge in [0, 0.05) is 11.8 Å². The van der Waals surface area contributed by atoms with Gasteiger partial charge >= 0.3 is 6.09 Å². The Kier molecular flexibility index (Phi) is 7.56. The number of aliphatic hydroxyl groups excluding tert-OH is 1. The number of nitrogens with one attached hydrogen (secondary N) is 1. The topological polar surface area (TPSA) is 80.2 Å². The molecule has 0 saturated heterocycles. The maximum Gasteiger partial charge on any atom is 0.407 e. The monoisotopic (exact) mass is 314 g/mol. The summed E-state index contributed by atoms with van der Waals surface area (Å²) in [6, 6.07) is 8.63. The van der Waals surface area contributed by atoms with Crippen LogP contribution in [0.15, 0.2) is 34.8 Å². The highest BCUT2D eigenvalue weighted by atomic mass is 35.5. The van der Waals surface area contributed by atoms with Crippen molar-refractivity contribution in [2.45, 2.75) is 32.6 Å². The second-order valence-electron chi connectivity index (χ2n) is 4.30. The highest BCUT2D eigenvalue weighted by Gasteiger charge is 2.23. The van der Waals surface area contributed by atoms with Gasteiger partial charge in [-0.3, -0.25) is 0 Å². The first-order chi connectivity index (χ1) is 10.1. The number of rotatable bonds is 6. The molecule has 0 aliphatic heterocycles. The molecule has 0 saturated carbocycles. The van der Waals surface area contributed by atoms with Gasteiger partial charge < -0.3 is 19.9 Å².